The van der Waals surface area contributed by atoms with Gasteiger partial charge in [-0.05, 0) is 0 Å². The summed E-state index contributed by atoms with van der Waals surface area (Å²) in [5.41, 5.74) is 0. The molecule has 0 aromatic carbocycles. The van der Waals surface area contributed by atoms with Crippen LogP contribution < -0.4 is 0 Å². The Hall–Kier alpha value is -1.14. The molecule has 0 aliphatic rings. The van der Waals surface area contributed by atoms with Crippen molar-refractivity contribution in [2.24, 2.45) is 0 Å². The largest absolute Gasteiger partial charge is 0.460 e. The summed E-state index contributed by atoms with van der Waals surface area (Å²) in [5, 5.41) is 8.01. The average Bonchev–Trinajstić information content (AvgIpc) is 2.25. The highest BCUT2D eigenvalue weighted by atomic mass is 19.4. The van der Waals surface area contributed by atoms with Crippen LogP contribution in [0.1, 0.15) is 6.42 Å². The zero-order valence-corrected chi connectivity index (χ0v) is 9.43. The van der Waals surface area contributed by atoms with Gasteiger partial charge in [0.25, 0.3) is 0 Å². The molecular formula is C8H5F11O2. The van der Waals surface area contributed by atoms with E-state index in [0.29, 0.717) is 0 Å². The first-order chi connectivity index (χ1) is 8.95. The lowest BCUT2D eigenvalue weighted by Crippen LogP contribution is -2.66. The molecule has 21 heavy (non-hydrogen) atoms. The van der Waals surface area contributed by atoms with E-state index in [-0.39, 0.29) is 0 Å². The number of Topliss-reactive ketones (excluding diaryl/α,β-unsaturated/α-hetero) is 1. The molecule has 1 N–H and O–H groups in total. The van der Waals surface area contributed by atoms with Gasteiger partial charge in [-0.3, -0.25) is 4.79 Å². The summed E-state index contributed by atoms with van der Waals surface area (Å²) in [6.45, 7) is -1.83. The van der Waals surface area contributed by atoms with E-state index in [1.807, 2.05) is 0 Å². The van der Waals surface area contributed by atoms with Crippen molar-refractivity contribution < 1.29 is 58.2 Å². The minimum atomic E-state index is -7.53. The fraction of sp³-hybridized carbons (Fsp3) is 0.875. The van der Waals surface area contributed by atoms with Gasteiger partial charge in [0.2, 0.25) is 0 Å². The molecule has 0 saturated heterocycles. The lowest BCUT2D eigenvalue weighted by atomic mass is 9.95. The second kappa shape index (κ2) is 5.25. The molecule has 0 bridgehead atoms. The Morgan fingerprint density at radius 2 is 1.10 bits per heavy atom. The number of hydrogen-bond acceptors (Lipinski definition) is 2. The summed E-state index contributed by atoms with van der Waals surface area (Å²) in [7, 11) is 0. The maximum absolute atomic E-state index is 12.8. The molecule has 13 heteroatoms. The van der Waals surface area contributed by atoms with Crippen LogP contribution in [-0.2, 0) is 4.79 Å². The topological polar surface area (TPSA) is 37.3 Å². The van der Waals surface area contributed by atoms with Crippen LogP contribution in [0, 0.1) is 0 Å². The van der Waals surface area contributed by atoms with Crippen LogP contribution in [0.25, 0.3) is 0 Å². The number of alkyl halides is 11. The molecule has 0 aromatic heterocycles. The first kappa shape index (κ1) is 19.9. The van der Waals surface area contributed by atoms with Gasteiger partial charge in [0.1, 0.15) is 6.61 Å². The average molecular weight is 342 g/mol. The highest BCUT2D eigenvalue weighted by molar-refractivity contribution is 5.80. The van der Waals surface area contributed by atoms with Crippen LogP contribution in [0.2, 0.25) is 0 Å². The molecule has 0 rings (SSSR count). The van der Waals surface area contributed by atoms with E-state index < -0.39 is 48.7 Å². The van der Waals surface area contributed by atoms with Crippen LogP contribution in [0.15, 0.2) is 0 Å². The number of ketones is 1. The number of aliphatic hydroxyl groups is 1. The summed E-state index contributed by atoms with van der Waals surface area (Å²) in [5.74, 6) is -30.6. The molecule has 0 aromatic rings. The highest BCUT2D eigenvalue weighted by Crippen LogP contribution is 2.57. The van der Waals surface area contributed by atoms with Crippen molar-refractivity contribution in [2.75, 3.05) is 6.61 Å². The number of carbonyl (C=O) groups excluding carboxylic acids is 1. The fourth-order valence-corrected chi connectivity index (χ4v) is 1.02. The lowest BCUT2D eigenvalue weighted by Gasteiger charge is -2.37. The van der Waals surface area contributed by atoms with Crippen molar-refractivity contribution in [2.45, 2.75) is 36.3 Å². The first-order valence-corrected chi connectivity index (χ1v) is 4.66. The Morgan fingerprint density at radius 1 is 0.714 bits per heavy atom. The van der Waals surface area contributed by atoms with E-state index in [1.165, 1.54) is 0 Å². The van der Waals surface area contributed by atoms with Gasteiger partial charge in [0, 0.05) is 0 Å². The second-order valence-corrected chi connectivity index (χ2v) is 3.80. The Labute approximate surface area is 108 Å². The first-order valence-electron chi connectivity index (χ1n) is 4.66. The van der Waals surface area contributed by atoms with Crippen LogP contribution in [-0.4, -0.2) is 47.4 Å². The normalized spacial score (nSPS) is 15.2. The van der Waals surface area contributed by atoms with Gasteiger partial charge < -0.3 is 5.11 Å². The number of aliphatic hydroxyl groups excluding tert-OH is 1. The zero-order chi connectivity index (χ0) is 17.5. The van der Waals surface area contributed by atoms with E-state index in [9.17, 15) is 53.1 Å². The molecule has 0 aliphatic carbocycles. The van der Waals surface area contributed by atoms with Gasteiger partial charge in [0.15, 0.2) is 5.78 Å². The number of rotatable bonds is 6. The SMILES string of the molecule is O=C(CO)CC(F)(F)C(F)(F)C(F)(F)C(F)(F)C(F)(F)F. The van der Waals surface area contributed by atoms with Crippen molar-refractivity contribution in [3.8, 4) is 0 Å². The van der Waals surface area contributed by atoms with Crippen molar-refractivity contribution in [3.05, 3.63) is 0 Å². The zero-order valence-electron chi connectivity index (χ0n) is 9.43. The molecule has 0 unspecified atom stereocenters. The third-order valence-corrected chi connectivity index (χ3v) is 2.20. The Bertz CT molecular complexity index is 398. The highest BCUT2D eigenvalue weighted by Gasteiger charge is 2.87. The summed E-state index contributed by atoms with van der Waals surface area (Å²) >= 11 is 0. The van der Waals surface area contributed by atoms with Gasteiger partial charge in [0.05, 0.1) is 6.42 Å². The van der Waals surface area contributed by atoms with Crippen LogP contribution >= 0.6 is 0 Å². The predicted molar refractivity (Wildman–Crippen MR) is 42.6 cm³/mol. The molecule has 0 atom stereocenters. The maximum Gasteiger partial charge on any atom is 0.460 e. The Morgan fingerprint density at radius 3 is 1.38 bits per heavy atom. The monoisotopic (exact) mass is 342 g/mol. The number of carbonyl (C=O) groups is 1. The van der Waals surface area contributed by atoms with Crippen LogP contribution in [0.5, 0.6) is 0 Å². The third-order valence-electron chi connectivity index (χ3n) is 2.20. The molecule has 0 amide bonds. The summed E-state index contributed by atoms with van der Waals surface area (Å²) in [4.78, 5) is 10.3. The van der Waals surface area contributed by atoms with Crippen molar-refractivity contribution >= 4 is 5.78 Å². The molecule has 0 spiro atoms. The predicted octanol–water partition coefficient (Wildman–Crippen LogP) is 3.04. The molecular weight excluding hydrogens is 337 g/mol. The molecule has 126 valence electrons. The Balaban J connectivity index is 5.82. The van der Waals surface area contributed by atoms with Gasteiger partial charge in [-0.1, -0.05) is 0 Å². The standard InChI is InChI=1S/C8H5F11O2/c9-4(10,1-3(21)2-20)5(11,12)6(13,14)7(15,16)8(17,18)19/h20H,1-2H2. The van der Waals surface area contributed by atoms with Crippen LogP contribution in [0.3, 0.4) is 0 Å². The Kier molecular flexibility index (Phi) is 4.96. The summed E-state index contributed by atoms with van der Waals surface area (Å²) in [6, 6.07) is 0. The van der Waals surface area contributed by atoms with Crippen LogP contribution in [0.4, 0.5) is 48.3 Å². The molecule has 0 fully saturated rings. The van der Waals surface area contributed by atoms with Gasteiger partial charge >= 0.3 is 29.9 Å². The van der Waals surface area contributed by atoms with Crippen molar-refractivity contribution in [1.82, 2.24) is 0 Å². The second-order valence-electron chi connectivity index (χ2n) is 3.80. The minimum Gasteiger partial charge on any atom is -0.389 e. The fourth-order valence-electron chi connectivity index (χ4n) is 1.02. The lowest BCUT2D eigenvalue weighted by molar-refractivity contribution is -0.421. The van der Waals surface area contributed by atoms with E-state index in [1.54, 1.807) is 0 Å². The number of hydrogen-bond donors (Lipinski definition) is 1. The molecule has 0 radical (unpaired) electrons. The maximum atomic E-state index is 12.8. The van der Waals surface area contributed by atoms with Gasteiger partial charge in [-0.2, -0.15) is 48.3 Å². The van der Waals surface area contributed by atoms with E-state index in [0.717, 1.165) is 0 Å². The summed E-state index contributed by atoms with van der Waals surface area (Å²) < 4.78 is 136. The summed E-state index contributed by atoms with van der Waals surface area (Å²) in [6.07, 6.45) is -10.1. The smallest absolute Gasteiger partial charge is 0.389 e. The number of halogens is 11. The minimum absolute atomic E-state index is 1.83. The van der Waals surface area contributed by atoms with Crippen molar-refractivity contribution in [3.63, 3.8) is 0 Å². The quantitative estimate of drug-likeness (QED) is 0.754. The molecule has 0 heterocycles. The van der Waals surface area contributed by atoms with E-state index in [2.05, 4.69) is 0 Å². The molecule has 0 aliphatic heterocycles. The van der Waals surface area contributed by atoms with Gasteiger partial charge in [-0.25, -0.2) is 0 Å². The third kappa shape index (κ3) is 3.06. The van der Waals surface area contributed by atoms with Gasteiger partial charge in [-0.15, -0.1) is 0 Å². The van der Waals surface area contributed by atoms with E-state index in [4.69, 9.17) is 5.11 Å². The molecule has 0 saturated carbocycles. The van der Waals surface area contributed by atoms with E-state index >= 15 is 0 Å². The van der Waals surface area contributed by atoms with Crippen molar-refractivity contribution in [1.29, 1.82) is 0 Å². The molecule has 2 nitrogen and oxygen atoms in total.